The van der Waals surface area contributed by atoms with Crippen LogP contribution in [-0.4, -0.2) is 40.0 Å². The molecule has 1 aliphatic carbocycles. The summed E-state index contributed by atoms with van der Waals surface area (Å²) < 4.78 is 0. The van der Waals surface area contributed by atoms with Crippen molar-refractivity contribution in [2.75, 3.05) is 5.32 Å². The van der Waals surface area contributed by atoms with Crippen LogP contribution >= 0.6 is 23.2 Å². The van der Waals surface area contributed by atoms with E-state index in [9.17, 15) is 24.3 Å². The molecular weight excluding hydrogens is 521 g/mol. The van der Waals surface area contributed by atoms with Gasteiger partial charge in [-0.1, -0.05) is 62.2 Å². The minimum atomic E-state index is -1.20. The van der Waals surface area contributed by atoms with Crippen LogP contribution in [0.25, 0.3) is 0 Å². The maximum absolute atomic E-state index is 13.1. The summed E-state index contributed by atoms with van der Waals surface area (Å²) in [4.78, 5) is 49.9. The molecule has 0 heterocycles. The van der Waals surface area contributed by atoms with Crippen molar-refractivity contribution in [3.63, 3.8) is 0 Å². The van der Waals surface area contributed by atoms with Crippen molar-refractivity contribution < 1.29 is 29.5 Å². The summed E-state index contributed by atoms with van der Waals surface area (Å²) in [5.74, 6) is -3.35. The van der Waals surface area contributed by atoms with E-state index in [2.05, 4.69) is 10.6 Å². The minimum Gasteiger partial charge on any atom is -0.480 e. The van der Waals surface area contributed by atoms with Crippen molar-refractivity contribution >= 4 is 52.6 Å². The lowest BCUT2D eigenvalue weighted by molar-refractivity contribution is -0.148. The van der Waals surface area contributed by atoms with Crippen LogP contribution in [0.2, 0.25) is 10.0 Å². The number of carboxylic acid groups (broad SMARTS) is 1. The smallest absolute Gasteiger partial charge is 0.326 e. The van der Waals surface area contributed by atoms with Crippen molar-refractivity contribution in [1.29, 1.82) is 0 Å². The van der Waals surface area contributed by atoms with Gasteiger partial charge < -0.3 is 15.7 Å². The molecule has 37 heavy (non-hydrogen) atoms. The van der Waals surface area contributed by atoms with E-state index in [1.54, 1.807) is 68.7 Å². The monoisotopic (exact) mass is 549 g/mol. The van der Waals surface area contributed by atoms with Crippen LogP contribution < -0.4 is 16.1 Å². The predicted molar refractivity (Wildman–Crippen MR) is 139 cm³/mol. The standard InChI is InChI=1S/C26H29Cl2N3O6/c1-25(2)16(11-12-26(25,3)24(36)31-37)21(32)30-19(23(34)35)13-14-7-9-15(10-8-14)29-22(33)20-17(27)5-4-6-18(20)28/h4-10,16,19,37H,11-13H2,1-3H3,(H,29,33)(H,30,32)(H,31,36)(H,34,35). The molecule has 198 valence electrons. The molecule has 5 N–H and O–H groups in total. The number of carbonyl (C=O) groups excluding carboxylic acids is 3. The number of anilines is 1. The highest BCUT2D eigenvalue weighted by Crippen LogP contribution is 2.56. The van der Waals surface area contributed by atoms with Crippen molar-refractivity contribution in [2.24, 2.45) is 16.7 Å². The first-order chi connectivity index (χ1) is 17.3. The van der Waals surface area contributed by atoms with Crippen LogP contribution in [0.3, 0.4) is 0 Å². The Labute approximate surface area is 224 Å². The molecule has 2 aromatic rings. The second kappa shape index (κ2) is 11.1. The molecule has 0 bridgehead atoms. The van der Waals surface area contributed by atoms with Crippen LogP contribution in [0.4, 0.5) is 5.69 Å². The van der Waals surface area contributed by atoms with Gasteiger partial charge in [0.2, 0.25) is 11.8 Å². The molecule has 9 nitrogen and oxygen atoms in total. The zero-order valence-corrected chi connectivity index (χ0v) is 22.1. The van der Waals surface area contributed by atoms with Crippen LogP contribution in [0.5, 0.6) is 0 Å². The first-order valence-electron chi connectivity index (χ1n) is 11.6. The average Bonchev–Trinajstić information content (AvgIpc) is 3.08. The Morgan fingerprint density at radius 3 is 2.16 bits per heavy atom. The highest BCUT2D eigenvalue weighted by molar-refractivity contribution is 6.40. The summed E-state index contributed by atoms with van der Waals surface area (Å²) >= 11 is 12.2. The number of carboxylic acids is 1. The van der Waals surface area contributed by atoms with Gasteiger partial charge in [-0.3, -0.25) is 19.6 Å². The van der Waals surface area contributed by atoms with Gasteiger partial charge in [0.1, 0.15) is 6.04 Å². The number of benzene rings is 2. The van der Waals surface area contributed by atoms with Gasteiger partial charge in [-0.2, -0.15) is 0 Å². The molecule has 1 fully saturated rings. The minimum absolute atomic E-state index is 0.00713. The lowest BCUT2D eigenvalue weighted by Gasteiger charge is -2.39. The van der Waals surface area contributed by atoms with Crippen molar-refractivity contribution in [2.45, 2.75) is 46.1 Å². The van der Waals surface area contributed by atoms with Gasteiger partial charge in [-0.05, 0) is 48.1 Å². The molecule has 3 amide bonds. The number of halogens is 2. The van der Waals surface area contributed by atoms with Crippen LogP contribution in [-0.2, 0) is 20.8 Å². The van der Waals surface area contributed by atoms with Crippen molar-refractivity contribution in [3.8, 4) is 0 Å². The third-order valence-electron chi connectivity index (χ3n) is 7.60. The van der Waals surface area contributed by atoms with E-state index in [4.69, 9.17) is 28.4 Å². The van der Waals surface area contributed by atoms with Crippen LogP contribution in [0, 0.1) is 16.7 Å². The zero-order chi connectivity index (χ0) is 27.5. The number of carbonyl (C=O) groups is 4. The molecule has 3 unspecified atom stereocenters. The Hall–Kier alpha value is -3.14. The Bertz CT molecular complexity index is 1200. The highest BCUT2D eigenvalue weighted by Gasteiger charge is 2.58. The number of amides is 3. The molecule has 0 radical (unpaired) electrons. The summed E-state index contributed by atoms with van der Waals surface area (Å²) in [5.41, 5.74) is 1.09. The first-order valence-corrected chi connectivity index (χ1v) is 12.4. The number of hydrogen-bond acceptors (Lipinski definition) is 5. The van der Waals surface area contributed by atoms with Crippen LogP contribution in [0.1, 0.15) is 49.5 Å². The highest BCUT2D eigenvalue weighted by atomic mass is 35.5. The van der Waals surface area contributed by atoms with Crippen molar-refractivity contribution in [3.05, 3.63) is 63.6 Å². The summed E-state index contributed by atoms with van der Waals surface area (Å²) in [6, 6.07) is 10.0. The molecule has 2 aromatic carbocycles. The van der Waals surface area contributed by atoms with Gasteiger partial charge in [-0.25, -0.2) is 10.3 Å². The maximum atomic E-state index is 13.1. The number of rotatable bonds is 8. The van der Waals surface area contributed by atoms with E-state index < -0.39 is 46.5 Å². The number of hydroxylamine groups is 1. The third-order valence-corrected chi connectivity index (χ3v) is 8.23. The van der Waals surface area contributed by atoms with E-state index in [1.807, 2.05) is 0 Å². The molecule has 1 aliphatic rings. The average molecular weight is 550 g/mol. The fourth-order valence-corrected chi connectivity index (χ4v) is 5.40. The SMILES string of the molecule is CC1(C(=O)NO)CCC(C(=O)NC(Cc2ccc(NC(=O)c3c(Cl)cccc3Cl)cc2)C(=O)O)C1(C)C. The lowest BCUT2D eigenvalue weighted by atomic mass is 9.65. The second-order valence-electron chi connectivity index (χ2n) is 9.94. The fourth-order valence-electron chi connectivity index (χ4n) is 4.83. The van der Waals surface area contributed by atoms with Gasteiger partial charge >= 0.3 is 5.97 Å². The molecule has 0 aliphatic heterocycles. The van der Waals surface area contributed by atoms with E-state index in [-0.39, 0.29) is 22.0 Å². The molecule has 0 aromatic heterocycles. The second-order valence-corrected chi connectivity index (χ2v) is 10.8. The molecule has 1 saturated carbocycles. The van der Waals surface area contributed by atoms with E-state index in [0.29, 0.717) is 24.1 Å². The number of nitrogens with one attached hydrogen (secondary N) is 3. The summed E-state index contributed by atoms with van der Waals surface area (Å²) in [7, 11) is 0. The van der Waals surface area contributed by atoms with Crippen LogP contribution in [0.15, 0.2) is 42.5 Å². The van der Waals surface area contributed by atoms with Gasteiger partial charge in [0.15, 0.2) is 0 Å². The van der Waals surface area contributed by atoms with Gasteiger partial charge in [0.25, 0.3) is 5.91 Å². The van der Waals surface area contributed by atoms with Gasteiger partial charge in [0, 0.05) is 18.0 Å². The summed E-state index contributed by atoms with van der Waals surface area (Å²) in [6.07, 6.45) is 0.751. The third kappa shape index (κ3) is 5.74. The molecule has 3 rings (SSSR count). The quantitative estimate of drug-likeness (QED) is 0.245. The largest absolute Gasteiger partial charge is 0.480 e. The Balaban J connectivity index is 1.68. The van der Waals surface area contributed by atoms with E-state index in [1.165, 1.54) is 0 Å². The zero-order valence-electron chi connectivity index (χ0n) is 20.6. The van der Waals surface area contributed by atoms with Gasteiger partial charge in [-0.15, -0.1) is 0 Å². The fraction of sp³-hybridized carbons (Fsp3) is 0.385. The number of hydrogen-bond donors (Lipinski definition) is 5. The Kier molecular flexibility index (Phi) is 8.52. The summed E-state index contributed by atoms with van der Waals surface area (Å²) in [5, 5.41) is 24.6. The lowest BCUT2D eigenvalue weighted by Crippen LogP contribution is -2.51. The van der Waals surface area contributed by atoms with E-state index in [0.717, 1.165) is 0 Å². The molecule has 3 atom stereocenters. The Morgan fingerprint density at radius 1 is 1.03 bits per heavy atom. The van der Waals surface area contributed by atoms with Gasteiger partial charge in [0.05, 0.1) is 21.0 Å². The molecular formula is C26H29Cl2N3O6. The Morgan fingerprint density at radius 2 is 1.62 bits per heavy atom. The first kappa shape index (κ1) is 28.4. The normalized spacial score (nSPS) is 21.1. The van der Waals surface area contributed by atoms with E-state index >= 15 is 0 Å². The molecule has 0 spiro atoms. The topological polar surface area (TPSA) is 145 Å². The molecule has 0 saturated heterocycles. The summed E-state index contributed by atoms with van der Waals surface area (Å²) in [6.45, 7) is 5.21. The van der Waals surface area contributed by atoms with Crippen molar-refractivity contribution in [1.82, 2.24) is 10.8 Å². The predicted octanol–water partition coefficient (Wildman–Crippen LogP) is 4.31. The maximum Gasteiger partial charge on any atom is 0.326 e. The number of aliphatic carboxylic acids is 1. The molecule has 11 heteroatoms.